The molecule has 0 aromatic heterocycles. The number of hydrogen-bond acceptors (Lipinski definition) is 6. The maximum atomic E-state index is 13.5. The smallest absolute Gasteiger partial charge is 0.382 e. The van der Waals surface area contributed by atoms with Crippen molar-refractivity contribution < 1.29 is 28.6 Å². The number of nitrogens with two attached hydrogens (primary N) is 2. The summed E-state index contributed by atoms with van der Waals surface area (Å²) in [5.41, 5.74) is 12.9. The maximum absolute atomic E-state index is 13.5. The minimum Gasteiger partial charge on any atom is -0.382 e. The largest absolute Gasteiger partial charge is 0.420 e. The van der Waals surface area contributed by atoms with Crippen molar-refractivity contribution in [1.82, 2.24) is 4.48 Å². The lowest BCUT2D eigenvalue weighted by Crippen LogP contribution is -2.70. The summed E-state index contributed by atoms with van der Waals surface area (Å²) in [5.74, 6) is 1.67. The van der Waals surface area contributed by atoms with Crippen LogP contribution in [0.15, 0.2) is 48.5 Å². The number of methoxy groups -OCH3 is 1. The van der Waals surface area contributed by atoms with Gasteiger partial charge in [0.1, 0.15) is 24.9 Å². The number of primary amides is 2. The number of benzene rings is 2. The predicted molar refractivity (Wildman–Crippen MR) is 137 cm³/mol. The Hall–Kier alpha value is -3.75. The van der Waals surface area contributed by atoms with Gasteiger partial charge in [-0.1, -0.05) is 18.1 Å². The Balaban J connectivity index is 1.85. The number of likely N-dealkylation sites (tertiary alicyclic amines) is 1. The number of rotatable bonds is 8. The Morgan fingerprint density at radius 2 is 1.86 bits per heavy atom. The molecule has 2 heterocycles. The van der Waals surface area contributed by atoms with E-state index >= 15 is 0 Å². The maximum Gasteiger partial charge on any atom is 0.420 e. The van der Waals surface area contributed by atoms with Gasteiger partial charge in [-0.15, -0.1) is 6.42 Å². The fourth-order valence-electron chi connectivity index (χ4n) is 5.44. The first-order valence-corrected chi connectivity index (χ1v) is 11.9. The first-order chi connectivity index (χ1) is 17.8. The first-order valence-electron chi connectivity index (χ1n) is 11.9. The van der Waals surface area contributed by atoms with Crippen LogP contribution in [0.25, 0.3) is 0 Å². The molecule has 3 atom stereocenters. The van der Waals surface area contributed by atoms with E-state index in [-0.39, 0.29) is 32.1 Å². The number of morpholine rings is 1. The molecule has 2 aliphatic rings. The second kappa shape index (κ2) is 10.7. The van der Waals surface area contributed by atoms with E-state index in [9.17, 15) is 14.4 Å². The van der Waals surface area contributed by atoms with Crippen LogP contribution in [0.1, 0.15) is 17.5 Å². The molecule has 4 amide bonds. The van der Waals surface area contributed by atoms with E-state index in [0.29, 0.717) is 42.3 Å². The molecule has 194 valence electrons. The van der Waals surface area contributed by atoms with Crippen LogP contribution < -0.4 is 20.9 Å². The minimum absolute atomic E-state index is 0.00277. The lowest BCUT2D eigenvalue weighted by molar-refractivity contribution is -0.127. The molecule has 2 saturated heterocycles. The van der Waals surface area contributed by atoms with Gasteiger partial charge in [-0.25, -0.2) is 4.79 Å². The monoisotopic (exact) mass is 507 g/mol. The highest BCUT2D eigenvalue weighted by Crippen LogP contribution is 2.49. The lowest BCUT2D eigenvalue weighted by Gasteiger charge is -2.42. The zero-order chi connectivity index (χ0) is 26.6. The molecular formula is C27H31N4O6+. The van der Waals surface area contributed by atoms with Crippen molar-refractivity contribution in [2.75, 3.05) is 51.5 Å². The van der Waals surface area contributed by atoms with Gasteiger partial charge in [0.15, 0.2) is 0 Å². The molecule has 4 N–H and O–H groups in total. The number of quaternary nitrogens is 1. The van der Waals surface area contributed by atoms with Gasteiger partial charge in [0, 0.05) is 49.0 Å². The second-order valence-electron chi connectivity index (χ2n) is 9.08. The highest BCUT2D eigenvalue weighted by Gasteiger charge is 2.68. The molecule has 37 heavy (non-hydrogen) atoms. The summed E-state index contributed by atoms with van der Waals surface area (Å²) < 4.78 is 15.8. The van der Waals surface area contributed by atoms with Crippen LogP contribution in [-0.4, -0.2) is 70.6 Å². The van der Waals surface area contributed by atoms with Gasteiger partial charge in [-0.2, -0.15) is 4.48 Å². The van der Waals surface area contributed by atoms with Gasteiger partial charge < -0.3 is 30.6 Å². The van der Waals surface area contributed by atoms with E-state index < -0.39 is 28.1 Å². The third-order valence-corrected chi connectivity index (χ3v) is 7.19. The summed E-state index contributed by atoms with van der Waals surface area (Å²) in [5, 5.41) is 0. The van der Waals surface area contributed by atoms with Crippen LogP contribution in [-0.2, 0) is 29.3 Å². The molecule has 0 bridgehead atoms. The normalized spacial score (nSPS) is 25.6. The Morgan fingerprint density at radius 3 is 2.43 bits per heavy atom. The van der Waals surface area contributed by atoms with Gasteiger partial charge in [0.2, 0.25) is 5.54 Å². The number of carbonyl (C=O) groups is 3. The molecule has 2 fully saturated rings. The topological polar surface area (TPSA) is 134 Å². The molecule has 0 aliphatic carbocycles. The summed E-state index contributed by atoms with van der Waals surface area (Å²) in [6.07, 6.45) is 5.11. The summed E-state index contributed by atoms with van der Waals surface area (Å²) >= 11 is 0. The first kappa shape index (κ1) is 26.3. The van der Waals surface area contributed by atoms with Gasteiger partial charge in [-0.05, 0) is 24.3 Å². The Labute approximate surface area is 215 Å². The molecule has 4 rings (SSSR count). The van der Waals surface area contributed by atoms with Gasteiger partial charge in [0.05, 0.1) is 19.8 Å². The number of carbonyl (C=O) groups excluding carboxylic acids is 3. The molecule has 2 aliphatic heterocycles. The third-order valence-electron chi connectivity index (χ3n) is 7.19. The number of urea groups is 1. The molecule has 2 aromatic carbocycles. The van der Waals surface area contributed by atoms with E-state index in [1.165, 1.54) is 0 Å². The van der Waals surface area contributed by atoms with Crippen molar-refractivity contribution >= 4 is 29.2 Å². The Morgan fingerprint density at radius 1 is 1.16 bits per heavy atom. The van der Waals surface area contributed by atoms with Crippen molar-refractivity contribution in [2.24, 2.45) is 11.5 Å². The van der Waals surface area contributed by atoms with E-state index in [1.54, 1.807) is 60.5 Å². The standard InChI is InChI=1S/C27H30N4O6/c1-3-19-4-10-22(11-5-19)31(26(29)34)17-23(37-15-14-35-2)16-27(31,25(28)33)20-6-8-21(9-7-20)30-12-13-36-18-24(30)32/h1,4-11,23H,12-18H2,2H3,(H3-,28,29,33,34)/p+1/t23-,27-,31?/m1/s1. The van der Waals surface area contributed by atoms with Crippen LogP contribution in [0.2, 0.25) is 0 Å². The number of amides is 4. The van der Waals surface area contributed by atoms with E-state index in [0.717, 1.165) is 0 Å². The van der Waals surface area contributed by atoms with Crippen molar-refractivity contribution in [3.8, 4) is 12.3 Å². The second-order valence-corrected chi connectivity index (χ2v) is 9.08. The van der Waals surface area contributed by atoms with E-state index in [2.05, 4.69) is 5.92 Å². The predicted octanol–water partition coefficient (Wildman–Crippen LogP) is 1.23. The molecule has 2 aromatic rings. The van der Waals surface area contributed by atoms with Crippen LogP contribution in [0.5, 0.6) is 0 Å². The van der Waals surface area contributed by atoms with Gasteiger partial charge >= 0.3 is 6.03 Å². The molecule has 10 nitrogen and oxygen atoms in total. The highest BCUT2D eigenvalue weighted by molar-refractivity contribution is 6.00. The molecule has 0 spiro atoms. The van der Waals surface area contributed by atoms with Gasteiger partial charge in [-0.3, -0.25) is 9.59 Å². The molecule has 1 unspecified atom stereocenters. The van der Waals surface area contributed by atoms with Crippen molar-refractivity contribution in [1.29, 1.82) is 0 Å². The zero-order valence-corrected chi connectivity index (χ0v) is 20.7. The van der Waals surface area contributed by atoms with E-state index in [1.807, 2.05) is 0 Å². The van der Waals surface area contributed by atoms with Crippen molar-refractivity contribution in [2.45, 2.75) is 18.1 Å². The Bertz CT molecular complexity index is 1210. The molecule has 0 saturated carbocycles. The zero-order valence-electron chi connectivity index (χ0n) is 20.7. The number of ether oxygens (including phenoxy) is 3. The van der Waals surface area contributed by atoms with Crippen LogP contribution in [0.4, 0.5) is 16.2 Å². The van der Waals surface area contributed by atoms with Crippen molar-refractivity contribution in [3.05, 3.63) is 59.7 Å². The average molecular weight is 508 g/mol. The SMILES string of the molecule is C#Cc1ccc([N+]2(C(N)=O)C[C@H](OCCOC)C[C@]2(C(N)=O)c2ccc(N3CCOCC3=O)cc2)cc1. The Kier molecular flexibility index (Phi) is 7.61. The summed E-state index contributed by atoms with van der Waals surface area (Å²) in [6.45, 7) is 1.54. The van der Waals surface area contributed by atoms with E-state index in [4.69, 9.17) is 32.1 Å². The summed E-state index contributed by atoms with van der Waals surface area (Å²) in [4.78, 5) is 40.8. The molecule has 0 radical (unpaired) electrons. The average Bonchev–Trinajstić information content (AvgIpc) is 3.27. The quantitative estimate of drug-likeness (QED) is 0.314. The van der Waals surface area contributed by atoms with Crippen LogP contribution >= 0.6 is 0 Å². The molecule has 10 heteroatoms. The number of nitrogens with zero attached hydrogens (tertiary/aromatic N) is 2. The van der Waals surface area contributed by atoms with Crippen molar-refractivity contribution in [3.63, 3.8) is 0 Å². The van der Waals surface area contributed by atoms with Crippen LogP contribution in [0.3, 0.4) is 0 Å². The fraction of sp³-hybridized carbons (Fsp3) is 0.370. The van der Waals surface area contributed by atoms with Crippen LogP contribution in [0, 0.1) is 12.3 Å². The lowest BCUT2D eigenvalue weighted by atomic mass is 9.83. The minimum atomic E-state index is -1.57. The molecular weight excluding hydrogens is 476 g/mol. The number of hydrogen-bond donors (Lipinski definition) is 2. The number of terminal acetylenes is 1. The third kappa shape index (κ3) is 4.47. The number of anilines is 1. The summed E-state index contributed by atoms with van der Waals surface area (Å²) in [7, 11) is 1.56. The summed E-state index contributed by atoms with van der Waals surface area (Å²) in [6, 6.07) is 12.9. The highest BCUT2D eigenvalue weighted by atomic mass is 16.5. The fourth-order valence-corrected chi connectivity index (χ4v) is 5.44. The van der Waals surface area contributed by atoms with Gasteiger partial charge in [0.25, 0.3) is 11.8 Å².